The third-order valence-electron chi connectivity index (χ3n) is 4.43. The highest BCUT2D eigenvalue weighted by atomic mass is 79.9. The molecule has 0 saturated heterocycles. The maximum atomic E-state index is 12.4. The van der Waals surface area contributed by atoms with Gasteiger partial charge in [0.1, 0.15) is 0 Å². The molecule has 0 bridgehead atoms. The molecule has 1 aromatic carbocycles. The zero-order chi connectivity index (χ0) is 14.7. The van der Waals surface area contributed by atoms with E-state index in [9.17, 15) is 4.79 Å². The van der Waals surface area contributed by atoms with E-state index in [1.54, 1.807) is 0 Å². The summed E-state index contributed by atoms with van der Waals surface area (Å²) in [7, 11) is 0. The van der Waals surface area contributed by atoms with Crippen LogP contribution in [0.25, 0.3) is 0 Å². The van der Waals surface area contributed by atoms with Crippen molar-refractivity contribution in [3.63, 3.8) is 0 Å². The minimum Gasteiger partial charge on any atom is -0.349 e. The van der Waals surface area contributed by atoms with Gasteiger partial charge in [0.15, 0.2) is 0 Å². The summed E-state index contributed by atoms with van der Waals surface area (Å²) in [5, 5.41) is 3.26. The minimum absolute atomic E-state index is 0.0519. The molecule has 1 fully saturated rings. The van der Waals surface area contributed by atoms with Crippen molar-refractivity contribution in [3.8, 4) is 0 Å². The van der Waals surface area contributed by atoms with Gasteiger partial charge in [-0.25, -0.2) is 0 Å². The van der Waals surface area contributed by atoms with Crippen molar-refractivity contribution in [2.75, 3.05) is 0 Å². The molecule has 0 radical (unpaired) electrons. The zero-order valence-electron chi connectivity index (χ0n) is 12.5. The molecule has 0 heterocycles. The van der Waals surface area contributed by atoms with Gasteiger partial charge in [-0.2, -0.15) is 0 Å². The van der Waals surface area contributed by atoms with Crippen LogP contribution in [-0.2, 0) is 0 Å². The Morgan fingerprint density at radius 2 is 2.10 bits per heavy atom. The van der Waals surface area contributed by atoms with Gasteiger partial charge in [-0.1, -0.05) is 49.2 Å². The third-order valence-corrected chi connectivity index (χ3v) is 4.92. The number of hydrogen-bond acceptors (Lipinski definition) is 1. The van der Waals surface area contributed by atoms with E-state index >= 15 is 0 Å². The van der Waals surface area contributed by atoms with Gasteiger partial charge in [-0.3, -0.25) is 4.79 Å². The summed E-state index contributed by atoms with van der Waals surface area (Å²) < 4.78 is 0.947. The lowest BCUT2D eigenvalue weighted by atomic mass is 9.74. The Labute approximate surface area is 130 Å². The summed E-state index contributed by atoms with van der Waals surface area (Å²) >= 11 is 3.42. The molecule has 20 heavy (non-hydrogen) atoms. The predicted octanol–water partition coefficient (Wildman–Crippen LogP) is 4.64. The zero-order valence-corrected chi connectivity index (χ0v) is 14.1. The second-order valence-corrected chi connectivity index (χ2v) is 7.33. The SMILES string of the molecule is CC1CCC(C(C)C)C(NC(=O)c2cccc(Br)c2)C1. The lowest BCUT2D eigenvalue weighted by Gasteiger charge is -2.37. The maximum absolute atomic E-state index is 12.4. The van der Waals surface area contributed by atoms with E-state index in [0.717, 1.165) is 16.5 Å². The molecule has 1 amide bonds. The normalized spacial score (nSPS) is 26.6. The number of halogens is 1. The monoisotopic (exact) mass is 337 g/mol. The average Bonchev–Trinajstić information content (AvgIpc) is 2.38. The first-order valence-corrected chi connectivity index (χ1v) is 8.33. The number of carbonyl (C=O) groups is 1. The van der Waals surface area contributed by atoms with Gasteiger partial charge in [0, 0.05) is 16.1 Å². The molecule has 3 heteroatoms. The van der Waals surface area contributed by atoms with Gasteiger partial charge in [-0.15, -0.1) is 0 Å². The van der Waals surface area contributed by atoms with E-state index in [1.165, 1.54) is 12.8 Å². The smallest absolute Gasteiger partial charge is 0.251 e. The predicted molar refractivity (Wildman–Crippen MR) is 86.7 cm³/mol. The molecule has 1 aliphatic rings. The summed E-state index contributed by atoms with van der Waals surface area (Å²) in [6.45, 7) is 6.81. The summed E-state index contributed by atoms with van der Waals surface area (Å²) in [6, 6.07) is 7.91. The molecule has 0 aromatic heterocycles. The molecule has 1 saturated carbocycles. The van der Waals surface area contributed by atoms with Crippen LogP contribution in [0.4, 0.5) is 0 Å². The van der Waals surface area contributed by atoms with E-state index < -0.39 is 0 Å². The van der Waals surface area contributed by atoms with Crippen molar-refractivity contribution >= 4 is 21.8 Å². The Kier molecular flexibility index (Phi) is 5.25. The van der Waals surface area contributed by atoms with Crippen molar-refractivity contribution in [3.05, 3.63) is 34.3 Å². The van der Waals surface area contributed by atoms with Gasteiger partial charge >= 0.3 is 0 Å². The molecule has 3 unspecified atom stereocenters. The molecule has 3 atom stereocenters. The van der Waals surface area contributed by atoms with Gasteiger partial charge in [-0.05, 0) is 48.8 Å². The standard InChI is InChI=1S/C17H24BrNO/c1-11(2)15-8-7-12(3)9-16(15)19-17(20)13-5-4-6-14(18)10-13/h4-6,10-12,15-16H,7-9H2,1-3H3,(H,19,20). The molecular formula is C17H24BrNO. The van der Waals surface area contributed by atoms with Gasteiger partial charge in [0.05, 0.1) is 0 Å². The summed E-state index contributed by atoms with van der Waals surface area (Å²) in [4.78, 5) is 12.4. The molecular weight excluding hydrogens is 314 g/mol. The van der Waals surface area contributed by atoms with E-state index in [1.807, 2.05) is 24.3 Å². The first kappa shape index (κ1) is 15.6. The topological polar surface area (TPSA) is 29.1 Å². The highest BCUT2D eigenvalue weighted by Crippen LogP contribution is 2.33. The minimum atomic E-state index is 0.0519. The lowest BCUT2D eigenvalue weighted by Crippen LogP contribution is -2.45. The highest BCUT2D eigenvalue weighted by molar-refractivity contribution is 9.10. The largest absolute Gasteiger partial charge is 0.349 e. The third kappa shape index (κ3) is 3.85. The number of carbonyl (C=O) groups excluding carboxylic acids is 1. The highest BCUT2D eigenvalue weighted by Gasteiger charge is 2.31. The van der Waals surface area contributed by atoms with E-state index in [2.05, 4.69) is 42.0 Å². The Morgan fingerprint density at radius 1 is 1.35 bits per heavy atom. The summed E-state index contributed by atoms with van der Waals surface area (Å²) in [5.74, 6) is 1.98. The molecule has 2 nitrogen and oxygen atoms in total. The second-order valence-electron chi connectivity index (χ2n) is 6.42. The lowest BCUT2D eigenvalue weighted by molar-refractivity contribution is 0.0868. The second kappa shape index (κ2) is 6.75. The van der Waals surface area contributed by atoms with Crippen LogP contribution in [-0.4, -0.2) is 11.9 Å². The number of hydrogen-bond donors (Lipinski definition) is 1. The molecule has 0 aliphatic heterocycles. The Balaban J connectivity index is 2.08. The Bertz CT molecular complexity index is 472. The fourth-order valence-electron chi connectivity index (χ4n) is 3.25. The van der Waals surface area contributed by atoms with Crippen molar-refractivity contribution in [1.82, 2.24) is 5.32 Å². The van der Waals surface area contributed by atoms with Crippen LogP contribution in [0.3, 0.4) is 0 Å². The molecule has 1 aromatic rings. The van der Waals surface area contributed by atoms with Gasteiger partial charge in [0.2, 0.25) is 0 Å². The molecule has 2 rings (SSSR count). The van der Waals surface area contributed by atoms with E-state index in [4.69, 9.17) is 0 Å². The van der Waals surface area contributed by atoms with Crippen LogP contribution in [0, 0.1) is 17.8 Å². The van der Waals surface area contributed by atoms with Gasteiger partial charge < -0.3 is 5.32 Å². The van der Waals surface area contributed by atoms with Gasteiger partial charge in [0.25, 0.3) is 5.91 Å². The van der Waals surface area contributed by atoms with Crippen LogP contribution in [0.5, 0.6) is 0 Å². The average molecular weight is 338 g/mol. The molecule has 1 N–H and O–H groups in total. The van der Waals surface area contributed by atoms with Crippen LogP contribution in [0.15, 0.2) is 28.7 Å². The van der Waals surface area contributed by atoms with Crippen molar-refractivity contribution < 1.29 is 4.79 Å². The number of amides is 1. The fourth-order valence-corrected chi connectivity index (χ4v) is 3.65. The first-order valence-electron chi connectivity index (χ1n) is 7.53. The maximum Gasteiger partial charge on any atom is 0.251 e. The first-order chi connectivity index (χ1) is 9.47. The Morgan fingerprint density at radius 3 is 2.75 bits per heavy atom. The number of benzene rings is 1. The Hall–Kier alpha value is -0.830. The van der Waals surface area contributed by atoms with Crippen LogP contribution < -0.4 is 5.32 Å². The number of rotatable bonds is 3. The number of nitrogens with one attached hydrogen (secondary N) is 1. The van der Waals surface area contributed by atoms with Crippen LogP contribution >= 0.6 is 15.9 Å². The quantitative estimate of drug-likeness (QED) is 0.855. The van der Waals surface area contributed by atoms with Crippen LogP contribution in [0.1, 0.15) is 50.4 Å². The molecule has 1 aliphatic carbocycles. The van der Waals surface area contributed by atoms with Crippen molar-refractivity contribution in [2.45, 2.75) is 46.1 Å². The van der Waals surface area contributed by atoms with Crippen molar-refractivity contribution in [2.24, 2.45) is 17.8 Å². The van der Waals surface area contributed by atoms with E-state index in [-0.39, 0.29) is 5.91 Å². The van der Waals surface area contributed by atoms with E-state index in [0.29, 0.717) is 23.8 Å². The molecule has 0 spiro atoms. The summed E-state index contributed by atoms with van der Waals surface area (Å²) in [5.41, 5.74) is 0.736. The fraction of sp³-hybridized carbons (Fsp3) is 0.588. The van der Waals surface area contributed by atoms with Crippen LogP contribution in [0.2, 0.25) is 0 Å². The van der Waals surface area contributed by atoms with Crippen molar-refractivity contribution in [1.29, 1.82) is 0 Å². The summed E-state index contributed by atoms with van der Waals surface area (Å²) in [6.07, 6.45) is 3.61. The molecule has 110 valence electrons.